The van der Waals surface area contributed by atoms with Gasteiger partial charge in [0.2, 0.25) is 0 Å². The van der Waals surface area contributed by atoms with E-state index in [0.717, 1.165) is 61.2 Å². The Balaban J connectivity index is 1.28. The van der Waals surface area contributed by atoms with Gasteiger partial charge in [-0.1, -0.05) is 17.7 Å². The standard InChI is InChI=1S/C23H27ClN4O2S/c1-3-28-14-19(17(2)25-28)13-26-7-9-27(10-8-26)23(29)22-11-18(16-31-22)15-30-21-6-4-5-20(24)12-21/h4-6,11-12,14,16H,3,7-10,13,15H2,1-2H3. The largest absolute Gasteiger partial charge is 0.489 e. The van der Waals surface area contributed by atoms with Gasteiger partial charge in [0, 0.05) is 61.6 Å². The number of halogens is 1. The molecule has 0 radical (unpaired) electrons. The van der Waals surface area contributed by atoms with Crippen molar-refractivity contribution in [2.24, 2.45) is 0 Å². The molecule has 4 rings (SSSR count). The van der Waals surface area contributed by atoms with Crippen LogP contribution in [0, 0.1) is 6.92 Å². The Morgan fingerprint density at radius 2 is 2.03 bits per heavy atom. The number of amides is 1. The quantitative estimate of drug-likeness (QED) is 0.524. The van der Waals surface area contributed by atoms with Crippen molar-refractivity contribution in [1.82, 2.24) is 19.6 Å². The van der Waals surface area contributed by atoms with Gasteiger partial charge in [-0.15, -0.1) is 11.3 Å². The molecule has 0 spiro atoms. The fourth-order valence-corrected chi connectivity index (χ4v) is 4.71. The van der Waals surface area contributed by atoms with Gasteiger partial charge in [0.25, 0.3) is 5.91 Å². The van der Waals surface area contributed by atoms with E-state index in [2.05, 4.69) is 30.0 Å². The van der Waals surface area contributed by atoms with E-state index in [0.29, 0.717) is 11.6 Å². The van der Waals surface area contributed by atoms with Gasteiger partial charge in [0.15, 0.2) is 0 Å². The lowest BCUT2D eigenvalue weighted by Gasteiger charge is -2.34. The zero-order valence-electron chi connectivity index (χ0n) is 17.9. The predicted molar refractivity (Wildman–Crippen MR) is 124 cm³/mol. The number of benzene rings is 1. The first-order valence-electron chi connectivity index (χ1n) is 10.5. The highest BCUT2D eigenvalue weighted by atomic mass is 35.5. The molecule has 1 aromatic carbocycles. The number of aryl methyl sites for hydroxylation is 2. The van der Waals surface area contributed by atoms with E-state index in [1.54, 1.807) is 6.07 Å². The Kier molecular flexibility index (Phi) is 6.95. The smallest absolute Gasteiger partial charge is 0.264 e. The second-order valence-electron chi connectivity index (χ2n) is 7.73. The van der Waals surface area contributed by atoms with E-state index in [1.165, 1.54) is 16.9 Å². The van der Waals surface area contributed by atoms with Crippen LogP contribution in [-0.2, 0) is 19.7 Å². The maximum Gasteiger partial charge on any atom is 0.264 e. The Bertz CT molecular complexity index is 1040. The van der Waals surface area contributed by atoms with E-state index >= 15 is 0 Å². The lowest BCUT2D eigenvalue weighted by atomic mass is 10.2. The Morgan fingerprint density at radius 3 is 2.74 bits per heavy atom. The van der Waals surface area contributed by atoms with E-state index in [9.17, 15) is 4.79 Å². The summed E-state index contributed by atoms with van der Waals surface area (Å²) in [7, 11) is 0. The van der Waals surface area contributed by atoms with Crippen molar-refractivity contribution >= 4 is 28.8 Å². The molecule has 1 saturated heterocycles. The topological polar surface area (TPSA) is 50.6 Å². The summed E-state index contributed by atoms with van der Waals surface area (Å²) in [6, 6.07) is 9.27. The normalized spacial score (nSPS) is 14.7. The molecule has 0 bridgehead atoms. The molecule has 8 heteroatoms. The molecule has 3 aromatic rings. The van der Waals surface area contributed by atoms with Crippen LogP contribution < -0.4 is 4.74 Å². The number of aromatic nitrogens is 2. The van der Waals surface area contributed by atoms with Crippen LogP contribution in [0.2, 0.25) is 5.02 Å². The summed E-state index contributed by atoms with van der Waals surface area (Å²) in [5.41, 5.74) is 3.35. The van der Waals surface area contributed by atoms with Crippen molar-refractivity contribution in [3.63, 3.8) is 0 Å². The molecule has 1 fully saturated rings. The minimum absolute atomic E-state index is 0.105. The number of carbonyl (C=O) groups excluding carboxylic acids is 1. The number of rotatable bonds is 7. The average Bonchev–Trinajstić information content (AvgIpc) is 3.39. The third kappa shape index (κ3) is 5.47. The van der Waals surface area contributed by atoms with Gasteiger partial charge in [-0.25, -0.2) is 0 Å². The van der Waals surface area contributed by atoms with Gasteiger partial charge in [-0.2, -0.15) is 5.10 Å². The molecule has 0 aliphatic carbocycles. The second kappa shape index (κ2) is 9.85. The van der Waals surface area contributed by atoms with Gasteiger partial charge >= 0.3 is 0 Å². The molecule has 31 heavy (non-hydrogen) atoms. The summed E-state index contributed by atoms with van der Waals surface area (Å²) in [6.45, 7) is 9.58. The molecule has 0 atom stereocenters. The number of hydrogen-bond acceptors (Lipinski definition) is 5. The third-order valence-corrected chi connectivity index (χ3v) is 6.69. The lowest BCUT2D eigenvalue weighted by Crippen LogP contribution is -2.48. The van der Waals surface area contributed by atoms with Crippen molar-refractivity contribution in [1.29, 1.82) is 0 Å². The second-order valence-corrected chi connectivity index (χ2v) is 9.08. The van der Waals surface area contributed by atoms with Crippen molar-refractivity contribution in [3.8, 4) is 5.75 Å². The summed E-state index contributed by atoms with van der Waals surface area (Å²) in [4.78, 5) is 18.0. The Labute approximate surface area is 192 Å². The fourth-order valence-electron chi connectivity index (χ4n) is 3.67. The molecule has 1 aliphatic rings. The van der Waals surface area contributed by atoms with Crippen LogP contribution in [0.4, 0.5) is 0 Å². The summed E-state index contributed by atoms with van der Waals surface area (Å²) >= 11 is 7.47. The van der Waals surface area contributed by atoms with E-state index in [-0.39, 0.29) is 5.91 Å². The number of thiophene rings is 1. The Morgan fingerprint density at radius 1 is 1.23 bits per heavy atom. The highest BCUT2D eigenvalue weighted by Gasteiger charge is 2.24. The fraction of sp³-hybridized carbons (Fsp3) is 0.391. The summed E-state index contributed by atoms with van der Waals surface area (Å²) in [5.74, 6) is 0.830. The molecular formula is C23H27ClN4O2S. The maximum absolute atomic E-state index is 12.9. The SMILES string of the molecule is CCn1cc(CN2CCN(C(=O)c3cc(COc4cccc(Cl)c4)cs3)CC2)c(C)n1. The number of nitrogens with zero attached hydrogens (tertiary/aromatic N) is 4. The first-order chi connectivity index (χ1) is 15.0. The van der Waals surface area contributed by atoms with E-state index < -0.39 is 0 Å². The number of ether oxygens (including phenoxy) is 1. The molecule has 0 saturated carbocycles. The van der Waals surface area contributed by atoms with Crippen molar-refractivity contribution in [3.05, 3.63) is 68.6 Å². The van der Waals surface area contributed by atoms with Crippen LogP contribution in [0.5, 0.6) is 5.75 Å². The van der Waals surface area contributed by atoms with Crippen LogP contribution >= 0.6 is 22.9 Å². The number of carbonyl (C=O) groups is 1. The summed E-state index contributed by atoms with van der Waals surface area (Å²) in [5, 5.41) is 7.16. The van der Waals surface area contributed by atoms with Gasteiger partial charge < -0.3 is 9.64 Å². The van der Waals surface area contributed by atoms with E-state index in [4.69, 9.17) is 16.3 Å². The van der Waals surface area contributed by atoms with Gasteiger partial charge in [-0.3, -0.25) is 14.4 Å². The van der Waals surface area contributed by atoms with Crippen molar-refractivity contribution in [2.45, 2.75) is 33.5 Å². The van der Waals surface area contributed by atoms with E-state index in [1.807, 2.05) is 39.2 Å². The van der Waals surface area contributed by atoms with Crippen LogP contribution in [-0.4, -0.2) is 51.7 Å². The monoisotopic (exact) mass is 458 g/mol. The van der Waals surface area contributed by atoms with Crippen molar-refractivity contribution in [2.75, 3.05) is 26.2 Å². The molecule has 0 unspecified atom stereocenters. The summed E-state index contributed by atoms with van der Waals surface area (Å²) < 4.78 is 7.77. The molecular weight excluding hydrogens is 432 g/mol. The van der Waals surface area contributed by atoms with Crippen LogP contribution in [0.25, 0.3) is 0 Å². The van der Waals surface area contributed by atoms with Crippen LogP contribution in [0.15, 0.2) is 41.9 Å². The van der Waals surface area contributed by atoms with Gasteiger partial charge in [0.1, 0.15) is 12.4 Å². The Hall–Kier alpha value is -2.35. The van der Waals surface area contributed by atoms with Crippen molar-refractivity contribution < 1.29 is 9.53 Å². The van der Waals surface area contributed by atoms with Crippen LogP contribution in [0.3, 0.4) is 0 Å². The highest BCUT2D eigenvalue weighted by Crippen LogP contribution is 2.22. The molecule has 1 amide bonds. The van der Waals surface area contributed by atoms with Gasteiger partial charge in [0.05, 0.1) is 10.6 Å². The average molecular weight is 459 g/mol. The lowest BCUT2D eigenvalue weighted by molar-refractivity contribution is 0.0633. The minimum atomic E-state index is 0.105. The highest BCUT2D eigenvalue weighted by molar-refractivity contribution is 7.12. The molecule has 0 N–H and O–H groups in total. The molecule has 2 aromatic heterocycles. The maximum atomic E-state index is 12.9. The predicted octanol–water partition coefficient (Wildman–Crippen LogP) is 4.46. The molecule has 3 heterocycles. The minimum Gasteiger partial charge on any atom is -0.489 e. The molecule has 164 valence electrons. The first-order valence-corrected chi connectivity index (χ1v) is 11.8. The van der Waals surface area contributed by atoms with Gasteiger partial charge in [-0.05, 0) is 43.5 Å². The zero-order chi connectivity index (χ0) is 21.8. The molecule has 6 nitrogen and oxygen atoms in total. The number of hydrogen-bond donors (Lipinski definition) is 0. The first kappa shape index (κ1) is 21.9. The third-order valence-electron chi connectivity index (χ3n) is 5.49. The molecule has 1 aliphatic heterocycles. The zero-order valence-corrected chi connectivity index (χ0v) is 19.5. The van der Waals surface area contributed by atoms with Crippen LogP contribution in [0.1, 0.15) is 33.4 Å². The summed E-state index contributed by atoms with van der Waals surface area (Å²) in [6.07, 6.45) is 2.13. The number of piperazine rings is 1.